The number of hydrogen-bond donors (Lipinski definition) is 0. The van der Waals surface area contributed by atoms with Crippen LogP contribution >= 0.6 is 11.3 Å². The van der Waals surface area contributed by atoms with Crippen molar-refractivity contribution in [2.45, 2.75) is 58.9 Å². The molecule has 4 nitrogen and oxygen atoms in total. The number of likely N-dealkylation sites (tertiary alicyclic amines) is 1. The molecule has 1 atom stereocenters. The second kappa shape index (κ2) is 7.70. The minimum Gasteiger partial charge on any atom is -0.300 e. The predicted molar refractivity (Wildman–Crippen MR) is 100 cm³/mol. The lowest BCUT2D eigenvalue weighted by molar-refractivity contribution is 0.166. The van der Waals surface area contributed by atoms with Gasteiger partial charge in [0, 0.05) is 37.3 Å². The lowest BCUT2D eigenvalue weighted by Gasteiger charge is -2.35. The Bertz CT molecular complexity index is 648. The fourth-order valence-corrected chi connectivity index (χ4v) is 4.36. The summed E-state index contributed by atoms with van der Waals surface area (Å²) in [7, 11) is 0. The molecule has 0 unspecified atom stereocenters. The van der Waals surface area contributed by atoms with Gasteiger partial charge in [-0.2, -0.15) is 0 Å². The van der Waals surface area contributed by atoms with Gasteiger partial charge in [-0.05, 0) is 39.2 Å². The first-order valence-corrected chi connectivity index (χ1v) is 9.85. The van der Waals surface area contributed by atoms with Crippen molar-refractivity contribution in [3.63, 3.8) is 0 Å². The number of aromatic nitrogens is 3. The van der Waals surface area contributed by atoms with E-state index in [-0.39, 0.29) is 0 Å². The molecule has 2 aromatic rings. The fourth-order valence-electron chi connectivity index (χ4n) is 3.27. The van der Waals surface area contributed by atoms with E-state index in [0.717, 1.165) is 29.2 Å². The molecule has 1 aliphatic rings. The number of nitrogens with zero attached hydrogens (tertiary/aromatic N) is 4. The summed E-state index contributed by atoms with van der Waals surface area (Å²) in [4.78, 5) is 17.6. The molecular formula is C19H28N4S. The Morgan fingerprint density at radius 3 is 2.62 bits per heavy atom. The summed E-state index contributed by atoms with van der Waals surface area (Å²) in [5, 5.41) is 1.19. The minimum atomic E-state index is 0.515. The van der Waals surface area contributed by atoms with Gasteiger partial charge in [0.05, 0.1) is 21.8 Å². The van der Waals surface area contributed by atoms with Gasteiger partial charge in [0.15, 0.2) is 0 Å². The Labute approximate surface area is 149 Å². The number of rotatable bonds is 5. The van der Waals surface area contributed by atoms with Crippen molar-refractivity contribution < 1.29 is 0 Å². The normalized spacial score (nSPS) is 19.3. The van der Waals surface area contributed by atoms with Crippen molar-refractivity contribution >= 4 is 11.3 Å². The van der Waals surface area contributed by atoms with Crippen LogP contribution in [0.25, 0.3) is 10.6 Å². The molecule has 3 rings (SSSR count). The molecule has 130 valence electrons. The molecule has 1 aliphatic heterocycles. The molecule has 2 aromatic heterocycles. The highest BCUT2D eigenvalue weighted by Crippen LogP contribution is 2.29. The van der Waals surface area contributed by atoms with Crippen LogP contribution in [-0.4, -0.2) is 39.0 Å². The van der Waals surface area contributed by atoms with Gasteiger partial charge in [-0.3, -0.25) is 9.97 Å². The number of thiazole rings is 1. The van der Waals surface area contributed by atoms with E-state index in [1.165, 1.54) is 24.4 Å². The van der Waals surface area contributed by atoms with Crippen LogP contribution in [0.3, 0.4) is 0 Å². The monoisotopic (exact) mass is 344 g/mol. The maximum Gasteiger partial charge on any atom is 0.100 e. The topological polar surface area (TPSA) is 41.9 Å². The Morgan fingerprint density at radius 2 is 1.96 bits per heavy atom. The van der Waals surface area contributed by atoms with Crippen LogP contribution in [0.1, 0.15) is 57.2 Å². The Balaban J connectivity index is 1.70. The lowest BCUT2D eigenvalue weighted by atomic mass is 9.94. The summed E-state index contributed by atoms with van der Waals surface area (Å²) >= 11 is 1.74. The Kier molecular flexibility index (Phi) is 5.61. The van der Waals surface area contributed by atoms with Crippen molar-refractivity contribution in [2.75, 3.05) is 13.1 Å². The van der Waals surface area contributed by atoms with Crippen molar-refractivity contribution in [2.24, 2.45) is 5.92 Å². The third kappa shape index (κ3) is 4.19. The molecule has 24 heavy (non-hydrogen) atoms. The summed E-state index contributed by atoms with van der Waals surface area (Å²) in [6, 6.07) is 0.608. The van der Waals surface area contributed by atoms with Crippen LogP contribution in [0.4, 0.5) is 0 Å². The van der Waals surface area contributed by atoms with Crippen LogP contribution in [-0.2, 0) is 6.42 Å². The van der Waals surface area contributed by atoms with Gasteiger partial charge in [0.2, 0.25) is 0 Å². The zero-order valence-corrected chi connectivity index (χ0v) is 16.0. The quantitative estimate of drug-likeness (QED) is 0.807. The minimum absolute atomic E-state index is 0.515. The van der Waals surface area contributed by atoms with Gasteiger partial charge >= 0.3 is 0 Å². The molecule has 5 heteroatoms. The Morgan fingerprint density at radius 1 is 1.12 bits per heavy atom. The lowest BCUT2D eigenvalue weighted by Crippen LogP contribution is -2.39. The number of hydrogen-bond acceptors (Lipinski definition) is 5. The summed E-state index contributed by atoms with van der Waals surface area (Å²) in [5.74, 6) is 1.15. The van der Waals surface area contributed by atoms with Gasteiger partial charge < -0.3 is 4.90 Å². The maximum absolute atomic E-state index is 4.73. The van der Waals surface area contributed by atoms with Crippen molar-refractivity contribution in [1.82, 2.24) is 19.9 Å². The largest absolute Gasteiger partial charge is 0.300 e. The molecule has 0 aromatic carbocycles. The van der Waals surface area contributed by atoms with Crippen LogP contribution in [0, 0.1) is 5.92 Å². The van der Waals surface area contributed by atoms with E-state index >= 15 is 0 Å². The molecule has 0 spiro atoms. The van der Waals surface area contributed by atoms with E-state index in [0.29, 0.717) is 17.9 Å². The van der Waals surface area contributed by atoms with Crippen LogP contribution in [0.2, 0.25) is 0 Å². The molecule has 3 heterocycles. The van der Waals surface area contributed by atoms with Crippen LogP contribution < -0.4 is 0 Å². The van der Waals surface area contributed by atoms with Gasteiger partial charge in [0.1, 0.15) is 5.69 Å². The van der Waals surface area contributed by atoms with Gasteiger partial charge in [0.25, 0.3) is 0 Å². The SMILES string of the molecule is CC(C)Cc1ncc(-c2cnc([C@@H]3CCCN(C(C)C)C3)cn2)s1. The third-order valence-electron chi connectivity index (χ3n) is 4.66. The van der Waals surface area contributed by atoms with Gasteiger partial charge in [-0.1, -0.05) is 13.8 Å². The average Bonchev–Trinajstić information content (AvgIpc) is 3.03. The van der Waals surface area contributed by atoms with Crippen LogP contribution in [0.5, 0.6) is 0 Å². The molecule has 1 fully saturated rings. The van der Waals surface area contributed by atoms with Crippen LogP contribution in [0.15, 0.2) is 18.6 Å². The summed E-state index contributed by atoms with van der Waals surface area (Å²) in [5.41, 5.74) is 2.08. The van der Waals surface area contributed by atoms with Crippen molar-refractivity contribution in [3.05, 3.63) is 29.3 Å². The van der Waals surface area contributed by atoms with Gasteiger partial charge in [-0.25, -0.2) is 4.98 Å². The molecular weight excluding hydrogens is 316 g/mol. The second-order valence-electron chi connectivity index (χ2n) is 7.47. The Hall–Kier alpha value is -1.33. The van der Waals surface area contributed by atoms with E-state index in [9.17, 15) is 0 Å². The second-order valence-corrected chi connectivity index (χ2v) is 8.59. The van der Waals surface area contributed by atoms with Crippen molar-refractivity contribution in [3.8, 4) is 10.6 Å². The molecule has 0 amide bonds. The summed E-state index contributed by atoms with van der Waals surface area (Å²) in [6.07, 6.45) is 9.34. The zero-order chi connectivity index (χ0) is 17.1. The highest BCUT2D eigenvalue weighted by molar-refractivity contribution is 7.15. The van der Waals surface area contributed by atoms with E-state index in [4.69, 9.17) is 4.98 Å². The number of piperidine rings is 1. The van der Waals surface area contributed by atoms with E-state index in [1.807, 2.05) is 18.6 Å². The highest BCUT2D eigenvalue weighted by Gasteiger charge is 2.24. The molecule has 0 bridgehead atoms. The fraction of sp³-hybridized carbons (Fsp3) is 0.632. The first-order valence-electron chi connectivity index (χ1n) is 9.04. The molecule has 1 saturated heterocycles. The summed E-state index contributed by atoms with van der Waals surface area (Å²) < 4.78 is 0. The maximum atomic E-state index is 4.73. The average molecular weight is 345 g/mol. The first kappa shape index (κ1) is 17.5. The first-order chi connectivity index (χ1) is 11.5. The highest BCUT2D eigenvalue weighted by atomic mass is 32.1. The van der Waals surface area contributed by atoms with Crippen molar-refractivity contribution in [1.29, 1.82) is 0 Å². The predicted octanol–water partition coefficient (Wildman–Crippen LogP) is 4.39. The molecule has 0 aliphatic carbocycles. The third-order valence-corrected chi connectivity index (χ3v) is 5.70. The van der Waals surface area contributed by atoms with Gasteiger partial charge in [-0.15, -0.1) is 11.3 Å². The van der Waals surface area contributed by atoms with E-state index in [2.05, 4.69) is 42.6 Å². The standard InChI is InChI=1S/C19H28N4S/c1-13(2)8-19-22-11-18(24-19)17-10-20-16(9-21-17)15-6-5-7-23(12-15)14(3)4/h9-11,13-15H,5-8,12H2,1-4H3/t15-/m1/s1. The molecule has 0 N–H and O–H groups in total. The zero-order valence-electron chi connectivity index (χ0n) is 15.2. The molecule has 0 saturated carbocycles. The van der Waals surface area contributed by atoms with E-state index < -0.39 is 0 Å². The van der Waals surface area contributed by atoms with E-state index in [1.54, 1.807) is 11.3 Å². The molecule has 0 radical (unpaired) electrons. The summed E-state index contributed by atoms with van der Waals surface area (Å²) in [6.45, 7) is 11.3. The smallest absolute Gasteiger partial charge is 0.100 e.